The summed E-state index contributed by atoms with van der Waals surface area (Å²) in [5.41, 5.74) is 7.87. The lowest BCUT2D eigenvalue weighted by molar-refractivity contribution is 0.0921. The highest BCUT2D eigenvalue weighted by molar-refractivity contribution is 5.40. The molecule has 3 heteroatoms. The van der Waals surface area contributed by atoms with Crippen LogP contribution in [0.4, 0.5) is 0 Å². The zero-order valence-corrected chi connectivity index (χ0v) is 11.7. The molecule has 0 saturated carbocycles. The number of ether oxygens (including phenoxy) is 2. The average molecular weight is 251 g/mol. The summed E-state index contributed by atoms with van der Waals surface area (Å²) in [7, 11) is 0. The molecule has 0 heterocycles. The summed E-state index contributed by atoms with van der Waals surface area (Å²) in [6.45, 7) is 8.94. The van der Waals surface area contributed by atoms with Gasteiger partial charge in [0.1, 0.15) is 12.4 Å². The zero-order chi connectivity index (χ0) is 13.4. The molecule has 0 aliphatic heterocycles. The SMILES string of the molecule is Cc1cccc(CN)c1OCCOCCC(C)C. The maximum absolute atomic E-state index is 5.76. The minimum absolute atomic E-state index is 0.505. The largest absolute Gasteiger partial charge is 0.491 e. The molecule has 0 amide bonds. The third-order valence-electron chi connectivity index (χ3n) is 2.83. The molecule has 18 heavy (non-hydrogen) atoms. The van der Waals surface area contributed by atoms with Gasteiger partial charge < -0.3 is 15.2 Å². The van der Waals surface area contributed by atoms with Crippen molar-refractivity contribution in [3.05, 3.63) is 29.3 Å². The number of nitrogens with two attached hydrogens (primary N) is 1. The highest BCUT2D eigenvalue weighted by atomic mass is 16.5. The smallest absolute Gasteiger partial charge is 0.126 e. The van der Waals surface area contributed by atoms with Crippen LogP contribution in [0.2, 0.25) is 0 Å². The molecule has 0 atom stereocenters. The molecule has 1 aromatic rings. The Morgan fingerprint density at radius 2 is 1.94 bits per heavy atom. The van der Waals surface area contributed by atoms with Gasteiger partial charge in [0.2, 0.25) is 0 Å². The molecular weight excluding hydrogens is 226 g/mol. The third-order valence-corrected chi connectivity index (χ3v) is 2.83. The minimum atomic E-state index is 0.505. The van der Waals surface area contributed by atoms with E-state index in [0.29, 0.717) is 25.7 Å². The Balaban J connectivity index is 2.31. The van der Waals surface area contributed by atoms with Crippen LogP contribution in [0.15, 0.2) is 18.2 Å². The van der Waals surface area contributed by atoms with E-state index in [-0.39, 0.29) is 0 Å². The van der Waals surface area contributed by atoms with Gasteiger partial charge in [-0.05, 0) is 24.8 Å². The van der Waals surface area contributed by atoms with E-state index >= 15 is 0 Å². The monoisotopic (exact) mass is 251 g/mol. The van der Waals surface area contributed by atoms with Crippen LogP contribution >= 0.6 is 0 Å². The van der Waals surface area contributed by atoms with Crippen LogP contribution in [0.1, 0.15) is 31.4 Å². The van der Waals surface area contributed by atoms with Crippen LogP contribution in [-0.2, 0) is 11.3 Å². The van der Waals surface area contributed by atoms with E-state index < -0.39 is 0 Å². The second kappa shape index (κ2) is 8.11. The second-order valence-corrected chi connectivity index (χ2v) is 4.91. The molecule has 102 valence electrons. The van der Waals surface area contributed by atoms with Gasteiger partial charge in [-0.1, -0.05) is 32.0 Å². The highest BCUT2D eigenvalue weighted by Gasteiger charge is 2.05. The van der Waals surface area contributed by atoms with E-state index in [2.05, 4.69) is 13.8 Å². The topological polar surface area (TPSA) is 44.5 Å². The number of hydrogen-bond acceptors (Lipinski definition) is 3. The van der Waals surface area contributed by atoms with Crippen molar-refractivity contribution in [2.24, 2.45) is 11.7 Å². The normalized spacial score (nSPS) is 10.9. The highest BCUT2D eigenvalue weighted by Crippen LogP contribution is 2.22. The first-order valence-electron chi connectivity index (χ1n) is 6.64. The third kappa shape index (κ3) is 5.07. The van der Waals surface area contributed by atoms with Gasteiger partial charge in [0.05, 0.1) is 6.61 Å². The molecule has 0 aromatic heterocycles. The van der Waals surface area contributed by atoms with Crippen molar-refractivity contribution in [2.45, 2.75) is 33.7 Å². The van der Waals surface area contributed by atoms with Gasteiger partial charge in [0, 0.05) is 18.7 Å². The van der Waals surface area contributed by atoms with Crippen LogP contribution in [0.3, 0.4) is 0 Å². The van der Waals surface area contributed by atoms with Crippen molar-refractivity contribution in [3.63, 3.8) is 0 Å². The predicted molar refractivity (Wildman–Crippen MR) is 74.8 cm³/mol. The van der Waals surface area contributed by atoms with Crippen LogP contribution < -0.4 is 10.5 Å². The molecule has 2 N–H and O–H groups in total. The van der Waals surface area contributed by atoms with Crippen LogP contribution in [0, 0.1) is 12.8 Å². The molecule has 0 spiro atoms. The molecule has 0 aliphatic rings. The lowest BCUT2D eigenvalue weighted by atomic mass is 10.1. The Bertz CT molecular complexity index is 350. The van der Waals surface area contributed by atoms with Crippen molar-refractivity contribution < 1.29 is 9.47 Å². The lowest BCUT2D eigenvalue weighted by Gasteiger charge is -2.13. The molecule has 0 unspecified atom stereocenters. The fraction of sp³-hybridized carbons (Fsp3) is 0.600. The summed E-state index contributed by atoms with van der Waals surface area (Å²) in [5, 5.41) is 0. The van der Waals surface area contributed by atoms with Crippen molar-refractivity contribution in [3.8, 4) is 5.75 Å². The predicted octanol–water partition coefficient (Wildman–Crippen LogP) is 2.90. The molecule has 0 saturated heterocycles. The van der Waals surface area contributed by atoms with E-state index in [1.165, 1.54) is 0 Å². The maximum atomic E-state index is 5.76. The Kier molecular flexibility index (Phi) is 6.76. The fourth-order valence-corrected chi connectivity index (χ4v) is 1.70. The van der Waals surface area contributed by atoms with Gasteiger partial charge in [-0.15, -0.1) is 0 Å². The van der Waals surface area contributed by atoms with E-state index in [4.69, 9.17) is 15.2 Å². The molecule has 0 radical (unpaired) electrons. The first-order valence-corrected chi connectivity index (χ1v) is 6.64. The lowest BCUT2D eigenvalue weighted by Crippen LogP contribution is -2.11. The number of para-hydroxylation sites is 1. The summed E-state index contributed by atoms with van der Waals surface area (Å²) in [5.74, 6) is 1.60. The molecule has 1 rings (SSSR count). The van der Waals surface area contributed by atoms with Crippen molar-refractivity contribution >= 4 is 0 Å². The number of aryl methyl sites for hydroxylation is 1. The van der Waals surface area contributed by atoms with Crippen LogP contribution in [-0.4, -0.2) is 19.8 Å². The van der Waals surface area contributed by atoms with Gasteiger partial charge >= 0.3 is 0 Å². The van der Waals surface area contributed by atoms with Crippen molar-refractivity contribution in [2.75, 3.05) is 19.8 Å². The standard InChI is InChI=1S/C15H25NO2/c1-12(2)7-8-17-9-10-18-15-13(3)5-4-6-14(15)11-16/h4-6,12H,7-11,16H2,1-3H3. The molecular formula is C15H25NO2. The summed E-state index contributed by atoms with van der Waals surface area (Å²) >= 11 is 0. The molecule has 0 fully saturated rings. The molecule has 1 aromatic carbocycles. The molecule has 3 nitrogen and oxygen atoms in total. The van der Waals surface area contributed by atoms with E-state index in [1.54, 1.807) is 0 Å². The van der Waals surface area contributed by atoms with Crippen LogP contribution in [0.5, 0.6) is 5.75 Å². The van der Waals surface area contributed by atoms with Gasteiger partial charge in [-0.2, -0.15) is 0 Å². The first kappa shape index (κ1) is 15.0. The van der Waals surface area contributed by atoms with Crippen molar-refractivity contribution in [1.82, 2.24) is 0 Å². The number of hydrogen-bond donors (Lipinski definition) is 1. The Hall–Kier alpha value is -1.06. The molecule has 0 bridgehead atoms. The van der Waals surface area contributed by atoms with Gasteiger partial charge in [-0.3, -0.25) is 0 Å². The average Bonchev–Trinajstić information content (AvgIpc) is 2.34. The zero-order valence-electron chi connectivity index (χ0n) is 11.7. The van der Waals surface area contributed by atoms with Crippen LogP contribution in [0.25, 0.3) is 0 Å². The number of rotatable bonds is 8. The van der Waals surface area contributed by atoms with E-state index in [9.17, 15) is 0 Å². The summed E-state index contributed by atoms with van der Waals surface area (Å²) in [6, 6.07) is 6.04. The van der Waals surface area contributed by atoms with E-state index in [1.807, 2.05) is 25.1 Å². The fourth-order valence-electron chi connectivity index (χ4n) is 1.70. The summed E-state index contributed by atoms with van der Waals surface area (Å²) in [6.07, 6.45) is 1.10. The Morgan fingerprint density at radius 3 is 2.61 bits per heavy atom. The van der Waals surface area contributed by atoms with Gasteiger partial charge in [-0.25, -0.2) is 0 Å². The van der Waals surface area contributed by atoms with Gasteiger partial charge in [0.15, 0.2) is 0 Å². The summed E-state index contributed by atoms with van der Waals surface area (Å²) in [4.78, 5) is 0. The number of benzene rings is 1. The molecule has 0 aliphatic carbocycles. The van der Waals surface area contributed by atoms with Crippen molar-refractivity contribution in [1.29, 1.82) is 0 Å². The van der Waals surface area contributed by atoms with Gasteiger partial charge in [0.25, 0.3) is 0 Å². The first-order chi connectivity index (χ1) is 8.65. The summed E-state index contributed by atoms with van der Waals surface area (Å²) < 4.78 is 11.3. The quantitative estimate of drug-likeness (QED) is 0.722. The second-order valence-electron chi connectivity index (χ2n) is 4.91. The Morgan fingerprint density at radius 1 is 1.17 bits per heavy atom. The maximum Gasteiger partial charge on any atom is 0.126 e. The Labute approximate surface area is 110 Å². The minimum Gasteiger partial charge on any atom is -0.491 e. The van der Waals surface area contributed by atoms with E-state index in [0.717, 1.165) is 29.9 Å².